The van der Waals surface area contributed by atoms with E-state index in [1.54, 1.807) is 54.4 Å². The van der Waals surface area contributed by atoms with E-state index in [4.69, 9.17) is 11.6 Å². The second kappa shape index (κ2) is 10.4. The van der Waals surface area contributed by atoms with Gasteiger partial charge in [-0.1, -0.05) is 23.7 Å². The summed E-state index contributed by atoms with van der Waals surface area (Å²) in [6, 6.07) is 10.2. The highest BCUT2D eigenvalue weighted by Gasteiger charge is 2.29. The number of halogens is 1. The van der Waals surface area contributed by atoms with Crippen LogP contribution in [0.1, 0.15) is 37.7 Å². The Kier molecular flexibility index (Phi) is 7.47. The molecule has 1 aliphatic heterocycles. The molecule has 2 aromatic carbocycles. The molecule has 0 saturated carbocycles. The Morgan fingerprint density at radius 2 is 1.83 bits per heavy atom. The van der Waals surface area contributed by atoms with Crippen LogP contribution < -0.4 is 0 Å². The van der Waals surface area contributed by atoms with E-state index in [0.29, 0.717) is 37.5 Å². The monoisotopic (exact) mass is 516 g/mol. The molecule has 0 bridgehead atoms. The zero-order chi connectivity index (χ0) is 25.2. The van der Waals surface area contributed by atoms with Crippen molar-refractivity contribution in [3.63, 3.8) is 0 Å². The van der Waals surface area contributed by atoms with Crippen molar-refractivity contribution in [1.29, 1.82) is 0 Å². The molecule has 1 aromatic heterocycles. The number of rotatable bonds is 7. The number of hydrogen-bond acceptors (Lipinski definition) is 5. The van der Waals surface area contributed by atoms with Gasteiger partial charge in [-0.05, 0) is 54.8 Å². The normalized spacial score (nSPS) is 14.9. The van der Waals surface area contributed by atoms with E-state index >= 15 is 0 Å². The minimum Gasteiger partial charge on any atom is -0.345 e. The highest BCUT2D eigenvalue weighted by molar-refractivity contribution is 7.91. The fourth-order valence-electron chi connectivity index (χ4n) is 4.55. The second-order valence-corrected chi connectivity index (χ2v) is 11.5. The minimum absolute atomic E-state index is 0.0224. The molecule has 0 spiro atoms. The molecule has 1 fully saturated rings. The number of aromatic nitrogens is 2. The molecule has 2 heterocycles. The van der Waals surface area contributed by atoms with Gasteiger partial charge in [0.25, 0.3) is 0 Å². The van der Waals surface area contributed by atoms with Crippen molar-refractivity contribution in [1.82, 2.24) is 19.8 Å². The van der Waals surface area contributed by atoms with Gasteiger partial charge in [0.05, 0.1) is 29.1 Å². The number of aromatic amines is 1. The number of nitrogens with one attached hydrogen (secondary N) is 1. The van der Waals surface area contributed by atoms with Crippen LogP contribution in [0.2, 0.25) is 5.02 Å². The van der Waals surface area contributed by atoms with Gasteiger partial charge in [0, 0.05) is 37.5 Å². The van der Waals surface area contributed by atoms with Gasteiger partial charge >= 0.3 is 0 Å². The van der Waals surface area contributed by atoms with Crippen molar-refractivity contribution in [3.05, 3.63) is 59.1 Å². The third kappa shape index (κ3) is 6.02. The number of sulfone groups is 1. The summed E-state index contributed by atoms with van der Waals surface area (Å²) in [5.74, 6) is 0.347. The van der Waals surface area contributed by atoms with Crippen molar-refractivity contribution >= 4 is 44.0 Å². The number of piperidine rings is 1. The predicted molar refractivity (Wildman–Crippen MR) is 135 cm³/mol. The molecule has 1 saturated heterocycles. The van der Waals surface area contributed by atoms with Crippen LogP contribution in [0.4, 0.5) is 0 Å². The molecule has 8 nitrogen and oxygen atoms in total. The number of carbonyl (C=O) groups excluding carboxylic acids is 2. The Bertz CT molecular complexity index is 1350. The molecule has 1 N–H and O–H groups in total. The third-order valence-corrected chi connectivity index (χ3v) is 8.42. The quantitative estimate of drug-likeness (QED) is 0.515. The van der Waals surface area contributed by atoms with Crippen molar-refractivity contribution in [2.75, 3.05) is 18.8 Å². The van der Waals surface area contributed by atoms with Gasteiger partial charge in [0.1, 0.15) is 5.82 Å². The smallest absolute Gasteiger partial charge is 0.223 e. The predicted octanol–water partition coefficient (Wildman–Crippen LogP) is 3.73. The van der Waals surface area contributed by atoms with Gasteiger partial charge < -0.3 is 14.8 Å². The Labute approximate surface area is 210 Å². The zero-order valence-corrected chi connectivity index (χ0v) is 21.4. The summed E-state index contributed by atoms with van der Waals surface area (Å²) in [5.41, 5.74) is 0.873. The SMILES string of the molecule is CC(=O)N(Cc1cnc(C)[nH]1)C1CCN(C(=O)CCS(=O)(=O)c2ccc3cc(Cl)ccc3c2)CC1. The first-order valence-corrected chi connectivity index (χ1v) is 13.6. The summed E-state index contributed by atoms with van der Waals surface area (Å²) < 4.78 is 25.7. The molecule has 35 heavy (non-hydrogen) atoms. The maximum absolute atomic E-state index is 12.9. The summed E-state index contributed by atoms with van der Waals surface area (Å²) in [5, 5.41) is 2.23. The standard InChI is InChI=1S/C25H29ClN4O4S/c1-17-27-15-22(28-17)16-30(18(2)31)23-7-10-29(11-8-23)25(32)9-12-35(33,34)24-6-4-19-13-21(26)5-3-20(19)14-24/h3-6,13-15,23H,7-12,16H2,1-2H3,(H,27,28). The Morgan fingerprint density at radius 1 is 1.14 bits per heavy atom. The number of aryl methyl sites for hydroxylation is 1. The Morgan fingerprint density at radius 3 is 2.49 bits per heavy atom. The topological polar surface area (TPSA) is 103 Å². The Hall–Kier alpha value is -2.91. The van der Waals surface area contributed by atoms with E-state index in [1.165, 1.54) is 0 Å². The van der Waals surface area contributed by atoms with Gasteiger partial charge in [-0.15, -0.1) is 0 Å². The average molecular weight is 517 g/mol. The molecule has 0 aliphatic carbocycles. The third-order valence-electron chi connectivity index (χ3n) is 6.48. The van der Waals surface area contributed by atoms with Gasteiger partial charge in [-0.2, -0.15) is 0 Å². The fourth-order valence-corrected chi connectivity index (χ4v) is 5.99. The number of benzene rings is 2. The second-order valence-electron chi connectivity index (χ2n) is 8.97. The van der Waals surface area contributed by atoms with Crippen LogP contribution in [0.5, 0.6) is 0 Å². The van der Waals surface area contributed by atoms with Crippen LogP contribution in [0.25, 0.3) is 10.8 Å². The first kappa shape index (κ1) is 25.2. The first-order chi connectivity index (χ1) is 16.6. The summed E-state index contributed by atoms with van der Waals surface area (Å²) in [6.07, 6.45) is 2.96. The van der Waals surface area contributed by atoms with Crippen molar-refractivity contribution in [2.24, 2.45) is 0 Å². The average Bonchev–Trinajstić information content (AvgIpc) is 3.25. The van der Waals surface area contributed by atoms with Crippen molar-refractivity contribution in [3.8, 4) is 0 Å². The van der Waals surface area contributed by atoms with Crippen molar-refractivity contribution in [2.45, 2.75) is 50.6 Å². The number of H-pyrrole nitrogens is 1. The summed E-state index contributed by atoms with van der Waals surface area (Å²) >= 11 is 6.00. The number of carbonyl (C=O) groups is 2. The first-order valence-electron chi connectivity index (χ1n) is 11.6. The van der Waals surface area contributed by atoms with Crippen LogP contribution in [0, 0.1) is 6.92 Å². The van der Waals surface area contributed by atoms with Crippen molar-refractivity contribution < 1.29 is 18.0 Å². The lowest BCUT2D eigenvalue weighted by atomic mass is 10.0. The van der Waals surface area contributed by atoms with Crippen LogP contribution in [0.3, 0.4) is 0 Å². The van der Waals surface area contributed by atoms with Gasteiger partial charge in [-0.25, -0.2) is 13.4 Å². The van der Waals surface area contributed by atoms with Crippen LogP contribution in [-0.4, -0.2) is 64.9 Å². The number of imidazole rings is 1. The highest BCUT2D eigenvalue weighted by atomic mass is 35.5. The summed E-state index contributed by atoms with van der Waals surface area (Å²) in [4.78, 5) is 36.1. The van der Waals surface area contributed by atoms with Gasteiger partial charge in [0.15, 0.2) is 9.84 Å². The highest BCUT2D eigenvalue weighted by Crippen LogP contribution is 2.24. The molecule has 186 valence electrons. The van der Waals surface area contributed by atoms with E-state index in [-0.39, 0.29) is 34.9 Å². The molecule has 1 aliphatic rings. The molecule has 3 aromatic rings. The number of likely N-dealkylation sites (tertiary alicyclic amines) is 1. The zero-order valence-electron chi connectivity index (χ0n) is 19.8. The van der Waals surface area contributed by atoms with Crippen LogP contribution in [0.15, 0.2) is 47.5 Å². The lowest BCUT2D eigenvalue weighted by Gasteiger charge is -2.38. The Balaban J connectivity index is 1.33. The lowest BCUT2D eigenvalue weighted by molar-refractivity contribution is -0.135. The minimum atomic E-state index is -3.61. The van der Waals surface area contributed by atoms with E-state index in [1.807, 2.05) is 11.8 Å². The number of amides is 2. The number of fused-ring (bicyclic) bond motifs is 1. The van der Waals surface area contributed by atoms with Crippen LogP contribution >= 0.6 is 11.6 Å². The fraction of sp³-hybridized carbons (Fsp3) is 0.400. The molecule has 2 amide bonds. The van der Waals surface area contributed by atoms with E-state index in [0.717, 1.165) is 22.3 Å². The molecule has 10 heteroatoms. The maximum atomic E-state index is 12.9. The molecule has 0 radical (unpaired) electrons. The molecular formula is C25H29ClN4O4S. The van der Waals surface area contributed by atoms with Crippen LogP contribution in [-0.2, 0) is 26.0 Å². The molecule has 0 unspecified atom stereocenters. The number of hydrogen-bond donors (Lipinski definition) is 1. The summed E-state index contributed by atoms with van der Waals surface area (Å²) in [7, 11) is -3.61. The van der Waals surface area contributed by atoms with E-state index in [9.17, 15) is 18.0 Å². The summed E-state index contributed by atoms with van der Waals surface area (Å²) in [6.45, 7) is 4.85. The molecule has 4 rings (SSSR count). The van der Waals surface area contributed by atoms with E-state index in [2.05, 4.69) is 9.97 Å². The molecular weight excluding hydrogens is 488 g/mol. The molecule has 0 atom stereocenters. The number of nitrogens with zero attached hydrogens (tertiary/aromatic N) is 3. The van der Waals surface area contributed by atoms with Gasteiger partial charge in [0.2, 0.25) is 11.8 Å². The largest absolute Gasteiger partial charge is 0.345 e. The van der Waals surface area contributed by atoms with Gasteiger partial charge in [-0.3, -0.25) is 9.59 Å². The van der Waals surface area contributed by atoms with E-state index < -0.39 is 9.84 Å². The maximum Gasteiger partial charge on any atom is 0.223 e. The lowest BCUT2D eigenvalue weighted by Crippen LogP contribution is -2.48.